The minimum Gasteiger partial charge on any atom is -0.507 e. The van der Waals surface area contributed by atoms with Crippen LogP contribution in [0, 0.1) is 0 Å². The van der Waals surface area contributed by atoms with Gasteiger partial charge in [-0.15, -0.1) is 0 Å². The fourth-order valence-electron chi connectivity index (χ4n) is 2.11. The highest BCUT2D eigenvalue weighted by molar-refractivity contribution is 6.30. The van der Waals surface area contributed by atoms with Crippen LogP contribution in [0.5, 0.6) is 11.5 Å². The number of phenolic OH excluding ortho intramolecular Hbond substituents is 1. The molecule has 0 aliphatic carbocycles. The molecule has 0 spiro atoms. The van der Waals surface area contributed by atoms with Crippen LogP contribution in [-0.4, -0.2) is 17.9 Å². The quantitative estimate of drug-likeness (QED) is 0.494. The molecular formula is C19H22ClNO2. The lowest BCUT2D eigenvalue weighted by molar-refractivity contribution is 0.303. The number of hydrogen-bond acceptors (Lipinski definition) is 3. The van der Waals surface area contributed by atoms with E-state index in [1.54, 1.807) is 30.5 Å². The predicted molar refractivity (Wildman–Crippen MR) is 96.4 cm³/mol. The first kappa shape index (κ1) is 17.4. The lowest BCUT2D eigenvalue weighted by atomic mass is 10.2. The number of hydrogen-bond donors (Lipinski definition) is 1. The third-order valence-corrected chi connectivity index (χ3v) is 3.70. The van der Waals surface area contributed by atoms with Crippen LogP contribution < -0.4 is 4.74 Å². The maximum absolute atomic E-state index is 10.1. The topological polar surface area (TPSA) is 41.8 Å². The highest BCUT2D eigenvalue weighted by Crippen LogP contribution is 2.24. The van der Waals surface area contributed by atoms with E-state index < -0.39 is 0 Å². The smallest absolute Gasteiger partial charge is 0.128 e. The molecule has 2 aromatic rings. The SMILES string of the molecule is CCCCCCOc1ccc(C=Nc2ccc(Cl)cc2)c(O)c1. The van der Waals surface area contributed by atoms with Gasteiger partial charge in [0.2, 0.25) is 0 Å². The van der Waals surface area contributed by atoms with E-state index in [4.69, 9.17) is 16.3 Å². The van der Waals surface area contributed by atoms with Crippen molar-refractivity contribution in [1.29, 1.82) is 0 Å². The van der Waals surface area contributed by atoms with Crippen molar-refractivity contribution in [3.8, 4) is 11.5 Å². The fraction of sp³-hybridized carbons (Fsp3) is 0.316. The average molecular weight is 332 g/mol. The molecule has 0 fully saturated rings. The number of aromatic hydroxyl groups is 1. The lowest BCUT2D eigenvalue weighted by Crippen LogP contribution is -1.97. The highest BCUT2D eigenvalue weighted by Gasteiger charge is 2.02. The first-order valence-corrected chi connectivity index (χ1v) is 8.32. The van der Waals surface area contributed by atoms with Crippen molar-refractivity contribution in [1.82, 2.24) is 0 Å². The summed E-state index contributed by atoms with van der Waals surface area (Å²) in [4.78, 5) is 4.32. The van der Waals surface area contributed by atoms with Crippen LogP contribution in [0.25, 0.3) is 0 Å². The molecule has 3 nitrogen and oxygen atoms in total. The van der Waals surface area contributed by atoms with Crippen molar-refractivity contribution in [3.05, 3.63) is 53.1 Å². The minimum absolute atomic E-state index is 0.161. The number of unbranched alkanes of at least 4 members (excludes halogenated alkanes) is 3. The maximum Gasteiger partial charge on any atom is 0.128 e. The van der Waals surface area contributed by atoms with E-state index in [1.807, 2.05) is 18.2 Å². The summed E-state index contributed by atoms with van der Waals surface area (Å²) >= 11 is 5.84. The number of nitrogens with zero attached hydrogens (tertiary/aromatic N) is 1. The van der Waals surface area contributed by atoms with Gasteiger partial charge in [0.1, 0.15) is 11.5 Å². The van der Waals surface area contributed by atoms with Crippen molar-refractivity contribution < 1.29 is 9.84 Å². The molecule has 23 heavy (non-hydrogen) atoms. The summed E-state index contributed by atoms with van der Waals surface area (Å²) in [7, 11) is 0. The van der Waals surface area contributed by atoms with Crippen LogP contribution in [0.2, 0.25) is 5.02 Å². The van der Waals surface area contributed by atoms with E-state index >= 15 is 0 Å². The van der Waals surface area contributed by atoms with Gasteiger partial charge in [-0.1, -0.05) is 37.8 Å². The van der Waals surface area contributed by atoms with E-state index in [0.29, 0.717) is 22.9 Å². The highest BCUT2D eigenvalue weighted by atomic mass is 35.5. The molecule has 0 aliphatic rings. The zero-order valence-corrected chi connectivity index (χ0v) is 14.1. The molecule has 0 saturated carbocycles. The van der Waals surface area contributed by atoms with Gasteiger partial charge in [0, 0.05) is 22.9 Å². The predicted octanol–water partition coefficient (Wildman–Crippen LogP) is 5.76. The number of rotatable bonds is 8. The van der Waals surface area contributed by atoms with E-state index in [-0.39, 0.29) is 5.75 Å². The molecule has 0 aliphatic heterocycles. The summed E-state index contributed by atoms with van der Waals surface area (Å²) in [5.74, 6) is 0.844. The van der Waals surface area contributed by atoms with Gasteiger partial charge < -0.3 is 9.84 Å². The molecule has 0 bridgehead atoms. The van der Waals surface area contributed by atoms with Crippen molar-refractivity contribution in [2.24, 2.45) is 4.99 Å². The first-order chi connectivity index (χ1) is 11.2. The van der Waals surface area contributed by atoms with Crippen LogP contribution in [0.15, 0.2) is 47.5 Å². The van der Waals surface area contributed by atoms with Crippen molar-refractivity contribution >= 4 is 23.5 Å². The number of phenols is 1. The number of aliphatic imine (C=N–C) groups is 1. The second kappa shape index (κ2) is 9.21. The largest absolute Gasteiger partial charge is 0.507 e. The fourth-order valence-corrected chi connectivity index (χ4v) is 2.24. The zero-order valence-electron chi connectivity index (χ0n) is 13.3. The second-order valence-electron chi connectivity index (χ2n) is 5.36. The monoisotopic (exact) mass is 331 g/mol. The lowest BCUT2D eigenvalue weighted by Gasteiger charge is -2.07. The van der Waals surface area contributed by atoms with Gasteiger partial charge in [0.15, 0.2) is 0 Å². The molecule has 2 aromatic carbocycles. The molecule has 0 unspecified atom stereocenters. The van der Waals surface area contributed by atoms with Gasteiger partial charge in [-0.05, 0) is 42.8 Å². The maximum atomic E-state index is 10.1. The Balaban J connectivity index is 1.92. The van der Waals surface area contributed by atoms with Gasteiger partial charge in [0.05, 0.1) is 12.3 Å². The standard InChI is InChI=1S/C19H22ClNO2/c1-2-3-4-5-12-23-18-11-6-15(19(22)13-18)14-21-17-9-7-16(20)8-10-17/h6-11,13-14,22H,2-5,12H2,1H3. The Bertz CT molecular complexity index is 638. The average Bonchev–Trinajstić information content (AvgIpc) is 2.55. The third kappa shape index (κ3) is 5.95. The summed E-state index contributed by atoms with van der Waals surface area (Å²) in [5, 5.41) is 10.7. The zero-order chi connectivity index (χ0) is 16.5. The Hall–Kier alpha value is -2.00. The summed E-state index contributed by atoms with van der Waals surface area (Å²) in [6.07, 6.45) is 6.28. The molecule has 1 N–H and O–H groups in total. The molecule has 2 rings (SSSR count). The molecule has 0 radical (unpaired) electrons. The van der Waals surface area contributed by atoms with E-state index in [9.17, 15) is 5.11 Å². The Labute approximate surface area is 142 Å². The summed E-state index contributed by atoms with van der Waals surface area (Å²) in [6.45, 7) is 2.86. The molecule has 122 valence electrons. The number of benzene rings is 2. The van der Waals surface area contributed by atoms with Crippen molar-refractivity contribution in [3.63, 3.8) is 0 Å². The minimum atomic E-state index is 0.161. The van der Waals surface area contributed by atoms with Gasteiger partial charge >= 0.3 is 0 Å². The van der Waals surface area contributed by atoms with Crippen LogP contribution in [-0.2, 0) is 0 Å². The first-order valence-electron chi connectivity index (χ1n) is 7.94. The molecule has 0 aromatic heterocycles. The van der Waals surface area contributed by atoms with Crippen LogP contribution in [0.4, 0.5) is 5.69 Å². The number of halogens is 1. The number of ether oxygens (including phenoxy) is 1. The van der Waals surface area contributed by atoms with E-state index in [1.165, 1.54) is 19.3 Å². The van der Waals surface area contributed by atoms with Gasteiger partial charge in [0.25, 0.3) is 0 Å². The van der Waals surface area contributed by atoms with Crippen LogP contribution in [0.3, 0.4) is 0 Å². The molecule has 0 heterocycles. The van der Waals surface area contributed by atoms with Crippen LogP contribution >= 0.6 is 11.6 Å². The van der Waals surface area contributed by atoms with Crippen molar-refractivity contribution in [2.45, 2.75) is 32.6 Å². The Morgan fingerprint density at radius 2 is 1.87 bits per heavy atom. The van der Waals surface area contributed by atoms with E-state index in [2.05, 4.69) is 11.9 Å². The third-order valence-electron chi connectivity index (χ3n) is 3.45. The summed E-state index contributed by atoms with van der Waals surface area (Å²) < 4.78 is 5.65. The molecular weight excluding hydrogens is 310 g/mol. The van der Waals surface area contributed by atoms with Gasteiger partial charge in [-0.25, -0.2) is 0 Å². The van der Waals surface area contributed by atoms with Crippen molar-refractivity contribution in [2.75, 3.05) is 6.61 Å². The van der Waals surface area contributed by atoms with Gasteiger partial charge in [-0.2, -0.15) is 0 Å². The summed E-state index contributed by atoms with van der Waals surface area (Å²) in [5.41, 5.74) is 1.43. The Morgan fingerprint density at radius 3 is 2.57 bits per heavy atom. The Kier molecular flexibility index (Phi) is 6.95. The van der Waals surface area contributed by atoms with Crippen LogP contribution in [0.1, 0.15) is 38.2 Å². The van der Waals surface area contributed by atoms with E-state index in [0.717, 1.165) is 12.1 Å². The normalized spacial score (nSPS) is 11.0. The molecule has 0 atom stereocenters. The Morgan fingerprint density at radius 1 is 1.09 bits per heavy atom. The molecule has 0 saturated heterocycles. The summed E-state index contributed by atoms with van der Waals surface area (Å²) in [6, 6.07) is 12.5. The molecule has 4 heteroatoms. The van der Waals surface area contributed by atoms with Gasteiger partial charge in [-0.3, -0.25) is 4.99 Å². The second-order valence-corrected chi connectivity index (χ2v) is 5.80. The molecule has 0 amide bonds.